The summed E-state index contributed by atoms with van der Waals surface area (Å²) < 4.78 is 14.8. The number of nitrogens with one attached hydrogen (secondary N) is 1. The molecular formula is C18H24FN3O2. The fourth-order valence-electron chi connectivity index (χ4n) is 2.46. The van der Waals surface area contributed by atoms with Crippen LogP contribution < -0.4 is 5.32 Å². The van der Waals surface area contributed by atoms with Crippen LogP contribution in [0.1, 0.15) is 48.3 Å². The molecule has 1 amide bonds. The molecule has 5 nitrogen and oxygen atoms in total. The highest BCUT2D eigenvalue weighted by atomic mass is 19.1. The van der Waals surface area contributed by atoms with E-state index in [2.05, 4.69) is 17.3 Å². The second-order valence-corrected chi connectivity index (χ2v) is 6.18. The lowest BCUT2D eigenvalue weighted by Gasteiger charge is -2.24. The van der Waals surface area contributed by atoms with E-state index in [9.17, 15) is 14.3 Å². The first-order chi connectivity index (χ1) is 11.3. The molecule has 0 fully saturated rings. The second-order valence-electron chi connectivity index (χ2n) is 6.18. The van der Waals surface area contributed by atoms with E-state index in [1.807, 2.05) is 11.6 Å². The van der Waals surface area contributed by atoms with Crippen LogP contribution in [-0.2, 0) is 12.1 Å². The summed E-state index contributed by atoms with van der Waals surface area (Å²) in [5.41, 5.74) is 0.568. The second kappa shape index (κ2) is 7.57. The van der Waals surface area contributed by atoms with Crippen LogP contribution in [0.4, 0.5) is 4.39 Å². The molecule has 0 radical (unpaired) electrons. The van der Waals surface area contributed by atoms with Crippen LogP contribution in [0.2, 0.25) is 0 Å². The van der Waals surface area contributed by atoms with E-state index in [0.29, 0.717) is 11.1 Å². The first kappa shape index (κ1) is 18.1. The van der Waals surface area contributed by atoms with Gasteiger partial charge in [-0.2, -0.15) is 5.10 Å². The van der Waals surface area contributed by atoms with Gasteiger partial charge in [-0.05, 0) is 38.0 Å². The zero-order valence-electron chi connectivity index (χ0n) is 14.3. The number of unbranched alkanes of at least 4 members (excludes halogenated alkanes) is 1. The smallest absolute Gasteiger partial charge is 0.254 e. The molecule has 2 N–H and O–H groups in total. The van der Waals surface area contributed by atoms with Crippen LogP contribution in [0.3, 0.4) is 0 Å². The van der Waals surface area contributed by atoms with Gasteiger partial charge in [0.15, 0.2) is 0 Å². The van der Waals surface area contributed by atoms with Crippen molar-refractivity contribution in [2.45, 2.75) is 45.8 Å². The van der Waals surface area contributed by atoms with E-state index in [0.717, 1.165) is 25.1 Å². The Balaban J connectivity index is 2.02. The van der Waals surface area contributed by atoms with Gasteiger partial charge in [0.25, 0.3) is 5.91 Å². The summed E-state index contributed by atoms with van der Waals surface area (Å²) in [5.74, 6) is -0.647. The van der Waals surface area contributed by atoms with Gasteiger partial charge in [-0.15, -0.1) is 0 Å². The van der Waals surface area contributed by atoms with E-state index in [1.54, 1.807) is 13.1 Å². The van der Waals surface area contributed by atoms with Gasteiger partial charge in [0, 0.05) is 12.2 Å². The molecule has 24 heavy (non-hydrogen) atoms. The molecule has 1 unspecified atom stereocenters. The van der Waals surface area contributed by atoms with Crippen LogP contribution in [0.5, 0.6) is 0 Å². The quantitative estimate of drug-likeness (QED) is 0.819. The van der Waals surface area contributed by atoms with Crippen LogP contribution in [-0.4, -0.2) is 27.3 Å². The molecular weight excluding hydrogens is 309 g/mol. The third kappa shape index (κ3) is 4.20. The van der Waals surface area contributed by atoms with E-state index < -0.39 is 5.60 Å². The average Bonchev–Trinajstić information content (AvgIpc) is 2.92. The van der Waals surface area contributed by atoms with Gasteiger partial charge in [0.2, 0.25) is 0 Å². The van der Waals surface area contributed by atoms with Crippen LogP contribution >= 0.6 is 0 Å². The number of carbonyl (C=O) groups is 1. The van der Waals surface area contributed by atoms with E-state index in [4.69, 9.17) is 0 Å². The Labute approximate surface area is 141 Å². The highest BCUT2D eigenvalue weighted by Crippen LogP contribution is 2.20. The van der Waals surface area contributed by atoms with Crippen molar-refractivity contribution in [2.75, 3.05) is 6.54 Å². The summed E-state index contributed by atoms with van der Waals surface area (Å²) in [7, 11) is 0. The third-order valence-electron chi connectivity index (χ3n) is 4.13. The minimum atomic E-state index is -1.28. The van der Waals surface area contributed by atoms with Crippen LogP contribution in [0.15, 0.2) is 30.5 Å². The SMILES string of the molecule is CCCCn1ncc(C(=O)NCC(C)(O)c2ccc(F)cc2)c1C. The topological polar surface area (TPSA) is 67.2 Å². The van der Waals surface area contributed by atoms with Crippen molar-refractivity contribution in [3.63, 3.8) is 0 Å². The molecule has 0 bridgehead atoms. The Morgan fingerprint density at radius 3 is 2.67 bits per heavy atom. The highest BCUT2D eigenvalue weighted by Gasteiger charge is 2.25. The normalized spacial score (nSPS) is 13.5. The Bertz CT molecular complexity index is 693. The Kier molecular flexibility index (Phi) is 5.72. The maximum atomic E-state index is 13.0. The lowest BCUT2D eigenvalue weighted by atomic mass is 9.96. The maximum Gasteiger partial charge on any atom is 0.254 e. The first-order valence-electron chi connectivity index (χ1n) is 8.14. The monoisotopic (exact) mass is 333 g/mol. The number of carbonyl (C=O) groups excluding carboxylic acids is 1. The van der Waals surface area contributed by atoms with Gasteiger partial charge >= 0.3 is 0 Å². The van der Waals surface area contributed by atoms with Crippen molar-refractivity contribution in [1.82, 2.24) is 15.1 Å². The predicted molar refractivity (Wildman–Crippen MR) is 90.2 cm³/mol. The fraction of sp³-hybridized carbons (Fsp3) is 0.444. The summed E-state index contributed by atoms with van der Waals surface area (Å²) in [5, 5.41) is 17.5. The third-order valence-corrected chi connectivity index (χ3v) is 4.13. The van der Waals surface area contributed by atoms with E-state index in [-0.39, 0.29) is 18.3 Å². The number of aliphatic hydroxyl groups is 1. The molecule has 1 aromatic carbocycles. The maximum absolute atomic E-state index is 13.0. The molecule has 0 saturated carbocycles. The summed E-state index contributed by atoms with van der Waals surface area (Å²) >= 11 is 0. The Hall–Kier alpha value is -2.21. The van der Waals surface area contributed by atoms with E-state index in [1.165, 1.54) is 24.3 Å². The van der Waals surface area contributed by atoms with Crippen molar-refractivity contribution >= 4 is 5.91 Å². The lowest BCUT2D eigenvalue weighted by molar-refractivity contribution is 0.0525. The Morgan fingerprint density at radius 2 is 2.04 bits per heavy atom. The van der Waals surface area contributed by atoms with Crippen LogP contribution in [0, 0.1) is 12.7 Å². The number of amides is 1. The summed E-state index contributed by atoms with van der Waals surface area (Å²) in [6.07, 6.45) is 3.61. The molecule has 0 spiro atoms. The lowest BCUT2D eigenvalue weighted by Crippen LogP contribution is -2.38. The molecule has 2 rings (SSSR count). The first-order valence-corrected chi connectivity index (χ1v) is 8.14. The minimum Gasteiger partial charge on any atom is -0.384 e. The Morgan fingerprint density at radius 1 is 1.38 bits per heavy atom. The van der Waals surface area contributed by atoms with Gasteiger partial charge in [0.05, 0.1) is 18.3 Å². The predicted octanol–water partition coefficient (Wildman–Crippen LogP) is 2.77. The largest absolute Gasteiger partial charge is 0.384 e. The standard InChI is InChI=1S/C18H24FN3O2/c1-4-5-10-22-13(2)16(11-21-22)17(23)20-12-18(3,24)14-6-8-15(19)9-7-14/h6-9,11,24H,4-5,10,12H2,1-3H3,(H,20,23). The molecule has 0 aliphatic carbocycles. The van der Waals surface area contributed by atoms with E-state index >= 15 is 0 Å². The number of aromatic nitrogens is 2. The van der Waals surface area contributed by atoms with Crippen LogP contribution in [0.25, 0.3) is 0 Å². The van der Waals surface area contributed by atoms with Crippen molar-refractivity contribution in [3.05, 3.63) is 53.1 Å². The number of nitrogens with zero attached hydrogens (tertiary/aromatic N) is 2. The zero-order valence-corrected chi connectivity index (χ0v) is 14.3. The van der Waals surface area contributed by atoms with Gasteiger partial charge in [-0.1, -0.05) is 25.5 Å². The number of hydrogen-bond donors (Lipinski definition) is 2. The highest BCUT2D eigenvalue weighted by molar-refractivity contribution is 5.95. The molecule has 0 aliphatic heterocycles. The molecule has 0 aliphatic rings. The summed E-state index contributed by atoms with van der Waals surface area (Å²) in [4.78, 5) is 12.3. The molecule has 6 heteroatoms. The zero-order chi connectivity index (χ0) is 17.7. The van der Waals surface area contributed by atoms with Crippen molar-refractivity contribution < 1.29 is 14.3 Å². The number of halogens is 1. The summed E-state index contributed by atoms with van der Waals surface area (Å²) in [6.45, 7) is 6.34. The molecule has 1 heterocycles. The number of aryl methyl sites for hydroxylation is 1. The molecule has 2 aromatic rings. The van der Waals surface area contributed by atoms with Crippen molar-refractivity contribution in [1.29, 1.82) is 0 Å². The molecule has 130 valence electrons. The fourth-order valence-corrected chi connectivity index (χ4v) is 2.46. The summed E-state index contributed by atoms with van der Waals surface area (Å²) in [6, 6.07) is 5.59. The van der Waals surface area contributed by atoms with Crippen molar-refractivity contribution in [2.24, 2.45) is 0 Å². The molecule has 0 saturated heterocycles. The minimum absolute atomic E-state index is 0.0248. The van der Waals surface area contributed by atoms with Gasteiger partial charge in [-0.3, -0.25) is 9.48 Å². The average molecular weight is 333 g/mol. The van der Waals surface area contributed by atoms with Gasteiger partial charge in [0.1, 0.15) is 11.4 Å². The number of benzene rings is 1. The molecule has 1 atom stereocenters. The number of hydrogen-bond acceptors (Lipinski definition) is 3. The number of rotatable bonds is 7. The van der Waals surface area contributed by atoms with Gasteiger partial charge < -0.3 is 10.4 Å². The van der Waals surface area contributed by atoms with Gasteiger partial charge in [-0.25, -0.2) is 4.39 Å². The molecule has 1 aromatic heterocycles. The van der Waals surface area contributed by atoms with Crippen molar-refractivity contribution in [3.8, 4) is 0 Å².